The Kier molecular flexibility index (Phi) is 3.83. The van der Waals surface area contributed by atoms with Gasteiger partial charge in [0.1, 0.15) is 22.9 Å². The van der Waals surface area contributed by atoms with Gasteiger partial charge in [0, 0.05) is 34.4 Å². The summed E-state index contributed by atoms with van der Waals surface area (Å²) in [5, 5.41) is 4.47. The number of aryl methyl sites for hydroxylation is 1. The van der Waals surface area contributed by atoms with Gasteiger partial charge in [0.15, 0.2) is 0 Å². The maximum atomic E-state index is 15.4. The van der Waals surface area contributed by atoms with Crippen molar-refractivity contribution >= 4 is 16.8 Å². The summed E-state index contributed by atoms with van der Waals surface area (Å²) in [5.74, 6) is -2.39. The largest absolute Gasteiger partial charge is 0.489 e. The molecule has 0 unspecified atom stereocenters. The molecule has 6 nitrogen and oxygen atoms in total. The highest BCUT2D eigenvalue weighted by Crippen LogP contribution is 2.36. The van der Waals surface area contributed by atoms with E-state index in [4.69, 9.17) is 11.6 Å². The Morgan fingerprint density at radius 3 is 2.70 bits per heavy atom. The molecule has 1 aliphatic rings. The van der Waals surface area contributed by atoms with Crippen molar-refractivity contribution in [1.29, 1.82) is 0 Å². The Bertz CT molecular complexity index is 1560. The summed E-state index contributed by atoms with van der Waals surface area (Å²) in [6.07, 6.45) is 2.39. The first-order chi connectivity index (χ1) is 17.8. The molecule has 5 rings (SSSR count). The van der Waals surface area contributed by atoms with E-state index in [1.54, 1.807) is 26.0 Å². The molecule has 0 bridgehead atoms. The summed E-state index contributed by atoms with van der Waals surface area (Å²) in [4.78, 5) is 17.5. The second-order valence-electron chi connectivity index (χ2n) is 7.93. The van der Waals surface area contributed by atoms with E-state index in [2.05, 4.69) is 10.1 Å². The van der Waals surface area contributed by atoms with Crippen LogP contribution in [0, 0.1) is 11.6 Å². The number of hydrogen-bond acceptors (Lipinski definition) is 4. The Hall–Kier alpha value is -3.81. The van der Waals surface area contributed by atoms with E-state index >= 15 is 8.78 Å². The van der Waals surface area contributed by atoms with Gasteiger partial charge in [-0.2, -0.15) is 5.10 Å². The zero-order chi connectivity index (χ0) is 27.6. The second kappa shape index (κ2) is 7.95. The van der Waals surface area contributed by atoms with Crippen molar-refractivity contribution in [2.45, 2.75) is 33.0 Å². The molecule has 3 heterocycles. The standard InChI is InChI=1S/C25H22F2N4O2/c1-14(2)33-23-7-6-16(18-11-30(3)29-24(18)23)15-9-20(26)19(21(27)10-15)12-31-13-22-17(25(31)32)5-4-8-28-22/h4-11,14H,12-13H2,1-3H3/i3D3,13D2. The second-order valence-corrected chi connectivity index (χ2v) is 7.93. The van der Waals surface area contributed by atoms with Crippen LogP contribution in [0.2, 0.25) is 0 Å². The minimum atomic E-state index is -2.58. The summed E-state index contributed by atoms with van der Waals surface area (Å²) in [5.41, 5.74) is 0.0780. The molecule has 0 radical (unpaired) electrons. The number of carbonyl (C=O) groups excluding carboxylic acids is 1. The van der Waals surface area contributed by atoms with Crippen molar-refractivity contribution in [2.75, 3.05) is 0 Å². The van der Waals surface area contributed by atoms with Crippen LogP contribution in [-0.2, 0) is 20.0 Å². The average molecular weight is 454 g/mol. The Balaban J connectivity index is 1.57. The van der Waals surface area contributed by atoms with Crippen LogP contribution in [0.25, 0.3) is 22.0 Å². The van der Waals surface area contributed by atoms with E-state index in [-0.39, 0.29) is 28.4 Å². The molecule has 8 heteroatoms. The van der Waals surface area contributed by atoms with Gasteiger partial charge >= 0.3 is 0 Å². The summed E-state index contributed by atoms with van der Waals surface area (Å²) >= 11 is 0. The molecule has 1 amide bonds. The lowest BCUT2D eigenvalue weighted by atomic mass is 9.99. The van der Waals surface area contributed by atoms with Crippen molar-refractivity contribution in [3.8, 4) is 16.9 Å². The lowest BCUT2D eigenvalue weighted by molar-refractivity contribution is 0.0763. The van der Waals surface area contributed by atoms with Crippen LogP contribution in [0.4, 0.5) is 8.78 Å². The predicted molar refractivity (Wildman–Crippen MR) is 120 cm³/mol. The molecule has 0 spiro atoms. The number of hydrogen-bond donors (Lipinski definition) is 0. The highest BCUT2D eigenvalue weighted by molar-refractivity contribution is 5.98. The molecule has 0 atom stereocenters. The summed E-state index contributed by atoms with van der Waals surface area (Å²) < 4.78 is 77.0. The van der Waals surface area contributed by atoms with Gasteiger partial charge in [-0.15, -0.1) is 0 Å². The van der Waals surface area contributed by atoms with Crippen molar-refractivity contribution in [2.24, 2.45) is 6.98 Å². The van der Waals surface area contributed by atoms with Crippen LogP contribution in [0.1, 0.15) is 42.3 Å². The molecule has 2 aromatic carbocycles. The van der Waals surface area contributed by atoms with Gasteiger partial charge in [0.25, 0.3) is 5.91 Å². The van der Waals surface area contributed by atoms with E-state index in [1.807, 2.05) is 0 Å². The van der Waals surface area contributed by atoms with Crippen molar-refractivity contribution < 1.29 is 25.2 Å². The number of pyridine rings is 1. The number of aromatic nitrogens is 3. The van der Waals surface area contributed by atoms with E-state index < -0.39 is 43.1 Å². The topological polar surface area (TPSA) is 60.3 Å². The van der Waals surface area contributed by atoms with Crippen molar-refractivity contribution in [3.05, 3.63) is 77.2 Å². The van der Waals surface area contributed by atoms with Crippen LogP contribution in [0.3, 0.4) is 0 Å². The number of nitrogens with zero attached hydrogens (tertiary/aromatic N) is 4. The number of halogens is 2. The fourth-order valence-electron chi connectivity index (χ4n) is 3.85. The first kappa shape index (κ1) is 15.9. The Labute approximate surface area is 196 Å². The minimum absolute atomic E-state index is 0.0345. The molecular weight excluding hydrogens is 426 g/mol. The minimum Gasteiger partial charge on any atom is -0.489 e. The lowest BCUT2D eigenvalue weighted by Gasteiger charge is -2.17. The van der Waals surface area contributed by atoms with Gasteiger partial charge in [-0.3, -0.25) is 14.5 Å². The SMILES string of the molecule is [2H]C1([2H])c2ncccc2C(=O)N1Cc1c(F)cc(-c2ccc(OC(C)C)c3nn(C([2H])([2H])[2H])cc23)cc1F. The first-order valence-corrected chi connectivity index (χ1v) is 10.2. The number of fused-ring (bicyclic) bond motifs is 2. The van der Waals surface area contributed by atoms with Crippen LogP contribution in [-0.4, -0.2) is 31.7 Å². The third-order valence-electron chi connectivity index (χ3n) is 5.29. The van der Waals surface area contributed by atoms with Crippen LogP contribution >= 0.6 is 0 Å². The first-order valence-electron chi connectivity index (χ1n) is 12.7. The average Bonchev–Trinajstić information content (AvgIpc) is 3.36. The molecular formula is C25H22F2N4O2. The van der Waals surface area contributed by atoms with E-state index in [0.717, 1.165) is 21.7 Å². The van der Waals surface area contributed by atoms with Gasteiger partial charge < -0.3 is 9.64 Å². The highest BCUT2D eigenvalue weighted by atomic mass is 19.1. The molecule has 0 fully saturated rings. The summed E-state index contributed by atoms with van der Waals surface area (Å²) in [6, 6.07) is 8.13. The fourth-order valence-corrected chi connectivity index (χ4v) is 3.85. The monoisotopic (exact) mass is 453 g/mol. The molecule has 0 saturated carbocycles. The molecule has 4 aromatic rings. The quantitative estimate of drug-likeness (QED) is 0.433. The zero-order valence-corrected chi connectivity index (χ0v) is 17.8. The number of benzene rings is 2. The maximum Gasteiger partial charge on any atom is 0.256 e. The van der Waals surface area contributed by atoms with E-state index in [0.29, 0.717) is 16.7 Å². The predicted octanol–water partition coefficient (Wildman–Crippen LogP) is 4.86. The lowest BCUT2D eigenvalue weighted by Crippen LogP contribution is -2.24. The molecule has 168 valence electrons. The fraction of sp³-hybridized carbons (Fsp3) is 0.240. The van der Waals surface area contributed by atoms with Gasteiger partial charge in [-0.1, -0.05) is 0 Å². The molecule has 1 aliphatic heterocycles. The number of rotatable bonds is 5. The van der Waals surface area contributed by atoms with Crippen LogP contribution < -0.4 is 4.74 Å². The zero-order valence-electron chi connectivity index (χ0n) is 22.8. The third kappa shape index (κ3) is 3.71. The van der Waals surface area contributed by atoms with Gasteiger partial charge in [-0.25, -0.2) is 8.78 Å². The molecule has 0 saturated heterocycles. The normalized spacial score (nSPS) is 17.4. The molecule has 0 aliphatic carbocycles. The summed E-state index contributed by atoms with van der Waals surface area (Å²) in [7, 11) is 0. The smallest absolute Gasteiger partial charge is 0.256 e. The summed E-state index contributed by atoms with van der Waals surface area (Å²) in [6.45, 7) is -2.00. The maximum absolute atomic E-state index is 15.4. The van der Waals surface area contributed by atoms with Crippen LogP contribution in [0.15, 0.2) is 48.8 Å². The van der Waals surface area contributed by atoms with Gasteiger partial charge in [0.2, 0.25) is 0 Å². The van der Waals surface area contributed by atoms with Crippen LogP contribution in [0.5, 0.6) is 5.75 Å². The van der Waals surface area contributed by atoms with E-state index in [1.165, 1.54) is 24.5 Å². The van der Waals surface area contributed by atoms with Gasteiger partial charge in [0.05, 0.1) is 33.1 Å². The Morgan fingerprint density at radius 1 is 1.21 bits per heavy atom. The molecule has 0 N–H and O–H groups in total. The highest BCUT2D eigenvalue weighted by Gasteiger charge is 2.29. The molecule has 2 aromatic heterocycles. The van der Waals surface area contributed by atoms with Crippen molar-refractivity contribution in [3.63, 3.8) is 0 Å². The number of carbonyl (C=O) groups is 1. The molecule has 33 heavy (non-hydrogen) atoms. The van der Waals surface area contributed by atoms with Crippen molar-refractivity contribution in [1.82, 2.24) is 19.7 Å². The Morgan fingerprint density at radius 2 is 2.00 bits per heavy atom. The van der Waals surface area contributed by atoms with Gasteiger partial charge in [-0.05, 0) is 61.4 Å². The third-order valence-corrected chi connectivity index (χ3v) is 5.29. The van der Waals surface area contributed by atoms with E-state index in [9.17, 15) is 4.79 Å². The number of ether oxygens (including phenoxy) is 1. The number of amides is 1.